The topological polar surface area (TPSA) is 87.4 Å². The molecule has 6 nitrogen and oxygen atoms in total. The molecule has 0 saturated heterocycles. The van der Waals surface area contributed by atoms with Crippen molar-refractivity contribution in [1.82, 2.24) is 4.98 Å². The van der Waals surface area contributed by atoms with E-state index in [1.807, 2.05) is 18.2 Å². The number of pyridine rings is 1. The minimum absolute atomic E-state index is 0.343. The van der Waals surface area contributed by atoms with E-state index in [-0.39, 0.29) is 0 Å². The summed E-state index contributed by atoms with van der Waals surface area (Å²) in [6.07, 6.45) is 1.93. The van der Waals surface area contributed by atoms with Crippen LogP contribution in [0.2, 0.25) is 0 Å². The van der Waals surface area contributed by atoms with Gasteiger partial charge >= 0.3 is 7.12 Å². The van der Waals surface area contributed by atoms with E-state index in [0.717, 1.165) is 29.6 Å². The minimum atomic E-state index is -0.847. The van der Waals surface area contributed by atoms with Crippen molar-refractivity contribution in [3.63, 3.8) is 0 Å². The van der Waals surface area contributed by atoms with E-state index in [1.54, 1.807) is 12.1 Å². The second-order valence-electron chi connectivity index (χ2n) is 5.56. The number of ether oxygens (including phenoxy) is 1. The van der Waals surface area contributed by atoms with Crippen molar-refractivity contribution in [3.8, 4) is 11.9 Å². The highest BCUT2D eigenvalue weighted by molar-refractivity contribution is 6.61. The van der Waals surface area contributed by atoms with Crippen molar-refractivity contribution in [1.29, 1.82) is 5.26 Å². The third-order valence-corrected chi connectivity index (χ3v) is 3.80. The zero-order valence-electron chi connectivity index (χ0n) is 13.5. The van der Waals surface area contributed by atoms with E-state index >= 15 is 0 Å². The maximum absolute atomic E-state index is 9.66. The Bertz CT molecular complexity index is 776. The van der Waals surface area contributed by atoms with Crippen LogP contribution in [0.3, 0.4) is 0 Å². The monoisotopic (exact) mass is 323 g/mol. The normalized spacial score (nSPS) is 12.6. The van der Waals surface area contributed by atoms with E-state index in [1.165, 1.54) is 0 Å². The zero-order valence-corrected chi connectivity index (χ0v) is 13.5. The largest absolute Gasteiger partial charge is 0.491 e. The van der Waals surface area contributed by atoms with Gasteiger partial charge in [-0.05, 0) is 41.7 Å². The van der Waals surface area contributed by atoms with Gasteiger partial charge in [0.05, 0.1) is 13.2 Å². The van der Waals surface area contributed by atoms with Crippen LogP contribution in [0.1, 0.15) is 30.9 Å². The Balaban J connectivity index is 1.78. The number of benzene rings is 1. The first kappa shape index (κ1) is 16.3. The fourth-order valence-corrected chi connectivity index (χ4v) is 2.47. The zero-order chi connectivity index (χ0) is 16.9. The first-order valence-electron chi connectivity index (χ1n) is 7.94. The summed E-state index contributed by atoms with van der Waals surface area (Å²) < 4.78 is 10.8. The van der Waals surface area contributed by atoms with E-state index < -0.39 is 7.12 Å². The number of nitrogens with zero attached hydrogens (tertiary/aromatic N) is 2. The summed E-state index contributed by atoms with van der Waals surface area (Å²) >= 11 is 0. The molecule has 1 aromatic carbocycles. The van der Waals surface area contributed by atoms with Crippen LogP contribution in [0.25, 0.3) is 0 Å². The summed E-state index contributed by atoms with van der Waals surface area (Å²) in [7, 11) is -0.847. The highest BCUT2D eigenvalue weighted by Crippen LogP contribution is 2.23. The molecule has 7 heteroatoms. The van der Waals surface area contributed by atoms with Crippen molar-refractivity contribution < 1.29 is 14.4 Å². The molecular formula is C17H18BN3O3. The molecule has 3 rings (SSSR count). The molecular weight excluding hydrogens is 305 g/mol. The lowest BCUT2D eigenvalue weighted by atomic mass is 9.79. The maximum atomic E-state index is 9.66. The molecule has 1 aliphatic rings. The lowest BCUT2D eigenvalue weighted by molar-refractivity contribution is 0.275. The number of unbranched alkanes of at least 4 members (excludes halogenated alkanes) is 1. The van der Waals surface area contributed by atoms with Gasteiger partial charge in [0.15, 0.2) is 0 Å². The maximum Gasteiger partial charge on any atom is 0.491 e. The second-order valence-corrected chi connectivity index (χ2v) is 5.56. The summed E-state index contributed by atoms with van der Waals surface area (Å²) in [6.45, 7) is 3.00. The Morgan fingerprint density at radius 3 is 3.08 bits per heavy atom. The van der Waals surface area contributed by atoms with Gasteiger partial charge in [-0.25, -0.2) is 0 Å². The highest BCUT2D eigenvalue weighted by Gasteiger charge is 2.27. The summed E-state index contributed by atoms with van der Waals surface area (Å²) in [5.41, 5.74) is 2.99. The fraction of sp³-hybridized carbons (Fsp3) is 0.294. The Hall–Kier alpha value is -2.56. The molecule has 0 atom stereocenters. The van der Waals surface area contributed by atoms with Gasteiger partial charge in [-0.2, -0.15) is 10.2 Å². The number of rotatable bonds is 6. The van der Waals surface area contributed by atoms with Crippen LogP contribution in [0.4, 0.5) is 11.5 Å². The minimum Gasteiger partial charge on any atom is -0.477 e. The van der Waals surface area contributed by atoms with Crippen molar-refractivity contribution in [2.75, 3.05) is 11.9 Å². The summed E-state index contributed by atoms with van der Waals surface area (Å²) in [5, 5.41) is 22.0. The molecule has 1 aliphatic heterocycles. The smallest absolute Gasteiger partial charge is 0.477 e. The quantitative estimate of drug-likeness (QED) is 0.625. The standard InChI is InChI=1S/C17H18BN3O3/c1-2-3-8-23-17-12(10-19)4-7-16(21-17)20-14-5-6-15-13(9-14)11-24-18(15)22/h4-7,9,22H,2-3,8,11H2,1H3,(H,20,21). The molecule has 0 amide bonds. The van der Waals surface area contributed by atoms with Gasteiger partial charge in [0, 0.05) is 5.69 Å². The number of hydrogen-bond donors (Lipinski definition) is 2. The van der Waals surface area contributed by atoms with Crippen molar-refractivity contribution in [3.05, 3.63) is 41.5 Å². The van der Waals surface area contributed by atoms with Crippen LogP contribution >= 0.6 is 0 Å². The molecule has 0 bridgehead atoms. The van der Waals surface area contributed by atoms with Crippen molar-refractivity contribution in [2.45, 2.75) is 26.4 Å². The van der Waals surface area contributed by atoms with Gasteiger partial charge < -0.3 is 19.7 Å². The van der Waals surface area contributed by atoms with Crippen molar-refractivity contribution >= 4 is 24.1 Å². The third kappa shape index (κ3) is 3.50. The summed E-state index contributed by atoms with van der Waals surface area (Å²) in [6, 6.07) is 11.1. The predicted molar refractivity (Wildman–Crippen MR) is 91.5 cm³/mol. The predicted octanol–water partition coefficient (Wildman–Crippen LogP) is 2.09. The average Bonchev–Trinajstić information content (AvgIpc) is 2.96. The molecule has 2 N–H and O–H groups in total. The lowest BCUT2D eigenvalue weighted by Gasteiger charge is -2.11. The summed E-state index contributed by atoms with van der Waals surface area (Å²) in [5.74, 6) is 0.941. The van der Waals surface area contributed by atoms with Crippen LogP contribution < -0.4 is 15.5 Å². The molecule has 0 saturated carbocycles. The third-order valence-electron chi connectivity index (χ3n) is 3.80. The first-order chi connectivity index (χ1) is 11.7. The van der Waals surface area contributed by atoms with Gasteiger partial charge in [-0.3, -0.25) is 0 Å². The Labute approximate surface area is 141 Å². The van der Waals surface area contributed by atoms with Crippen LogP contribution in [0, 0.1) is 11.3 Å². The van der Waals surface area contributed by atoms with Gasteiger partial charge in [-0.15, -0.1) is 0 Å². The molecule has 0 unspecified atom stereocenters. The van der Waals surface area contributed by atoms with Gasteiger partial charge in [0.2, 0.25) is 5.88 Å². The first-order valence-corrected chi connectivity index (χ1v) is 7.94. The molecule has 1 aromatic heterocycles. The average molecular weight is 323 g/mol. The number of anilines is 2. The second kappa shape index (κ2) is 7.34. The van der Waals surface area contributed by atoms with E-state index in [0.29, 0.717) is 30.5 Å². The lowest BCUT2D eigenvalue weighted by Crippen LogP contribution is -2.27. The van der Waals surface area contributed by atoms with Crippen LogP contribution in [-0.4, -0.2) is 23.7 Å². The molecule has 2 heterocycles. The number of hydrogen-bond acceptors (Lipinski definition) is 6. The summed E-state index contributed by atoms with van der Waals surface area (Å²) in [4.78, 5) is 4.38. The Kier molecular flexibility index (Phi) is 4.99. The molecule has 0 spiro atoms. The molecule has 0 radical (unpaired) electrons. The van der Waals surface area contributed by atoms with Crippen LogP contribution in [0.5, 0.6) is 5.88 Å². The molecule has 0 aliphatic carbocycles. The van der Waals surface area contributed by atoms with Crippen LogP contribution in [0.15, 0.2) is 30.3 Å². The Morgan fingerprint density at radius 1 is 1.42 bits per heavy atom. The molecule has 122 valence electrons. The van der Waals surface area contributed by atoms with Gasteiger partial charge in [0.25, 0.3) is 0 Å². The van der Waals surface area contributed by atoms with E-state index in [2.05, 4.69) is 23.3 Å². The highest BCUT2D eigenvalue weighted by atomic mass is 16.5. The number of nitriles is 1. The number of fused-ring (bicyclic) bond motifs is 1. The molecule has 2 aromatic rings. The van der Waals surface area contributed by atoms with E-state index in [9.17, 15) is 5.02 Å². The van der Waals surface area contributed by atoms with Crippen LogP contribution in [-0.2, 0) is 11.3 Å². The SMILES string of the molecule is CCCCOc1nc(Nc2ccc3c(c2)COB3O)ccc1C#N. The van der Waals surface area contributed by atoms with Crippen molar-refractivity contribution in [2.24, 2.45) is 0 Å². The van der Waals surface area contributed by atoms with Gasteiger partial charge in [-0.1, -0.05) is 19.4 Å². The molecule has 24 heavy (non-hydrogen) atoms. The number of aromatic nitrogens is 1. The van der Waals surface area contributed by atoms with E-state index in [4.69, 9.17) is 14.7 Å². The number of nitrogens with one attached hydrogen (secondary N) is 1. The molecule has 0 fully saturated rings. The fourth-order valence-electron chi connectivity index (χ4n) is 2.47. The Morgan fingerprint density at radius 2 is 2.29 bits per heavy atom. The van der Waals surface area contributed by atoms with Gasteiger partial charge in [0.1, 0.15) is 17.5 Å².